The summed E-state index contributed by atoms with van der Waals surface area (Å²) in [7, 11) is 1.73. The highest BCUT2D eigenvalue weighted by Crippen LogP contribution is 2.11. The molecule has 0 radical (unpaired) electrons. The number of carboxylic acid groups (broad SMARTS) is 2. The van der Waals surface area contributed by atoms with Gasteiger partial charge in [0.05, 0.1) is 6.10 Å². The van der Waals surface area contributed by atoms with Gasteiger partial charge < -0.3 is 15.3 Å². The Hall–Kier alpha value is -2.22. The summed E-state index contributed by atoms with van der Waals surface area (Å²) in [5.41, 5.74) is 0.898. The molecule has 0 spiro atoms. The van der Waals surface area contributed by atoms with Crippen molar-refractivity contribution in [2.75, 3.05) is 13.6 Å². The summed E-state index contributed by atoms with van der Waals surface area (Å²) in [6.45, 7) is 0.448. The Labute approximate surface area is 116 Å². The summed E-state index contributed by atoms with van der Waals surface area (Å²) >= 11 is 0. The van der Waals surface area contributed by atoms with Crippen LogP contribution in [0.5, 0.6) is 0 Å². The number of nitrogens with zero attached hydrogens (tertiary/aromatic N) is 1. The van der Waals surface area contributed by atoms with Gasteiger partial charge in [-0.3, -0.25) is 5.84 Å². The van der Waals surface area contributed by atoms with Crippen LogP contribution in [0.1, 0.15) is 11.7 Å². The number of aliphatic hydroxyl groups is 1. The molecule has 0 aromatic heterocycles. The highest BCUT2D eigenvalue weighted by molar-refractivity contribution is 5.89. The molecule has 0 saturated carbocycles. The molecule has 0 saturated heterocycles. The second-order valence-electron chi connectivity index (χ2n) is 3.88. The number of hydrazine groups is 1. The van der Waals surface area contributed by atoms with Crippen LogP contribution in [0.2, 0.25) is 0 Å². The summed E-state index contributed by atoms with van der Waals surface area (Å²) in [4.78, 5) is 19.1. The lowest BCUT2D eigenvalue weighted by Crippen LogP contribution is -2.30. The molecule has 5 N–H and O–H groups in total. The van der Waals surface area contributed by atoms with Crippen LogP contribution in [0.25, 0.3) is 0 Å². The molecule has 7 heteroatoms. The summed E-state index contributed by atoms with van der Waals surface area (Å²) in [6.07, 6.45) is 0.617. The number of carboxylic acids is 2. The van der Waals surface area contributed by atoms with Gasteiger partial charge in [-0.1, -0.05) is 30.3 Å². The molecule has 0 aliphatic rings. The van der Waals surface area contributed by atoms with Crippen LogP contribution in [-0.2, 0) is 9.59 Å². The van der Waals surface area contributed by atoms with Crippen LogP contribution in [0.3, 0.4) is 0 Å². The zero-order valence-electron chi connectivity index (χ0n) is 11.0. The normalized spacial score (nSPS) is 11.8. The van der Waals surface area contributed by atoms with Gasteiger partial charge in [-0.2, -0.15) is 0 Å². The number of hydrogen-bond donors (Lipinski definition) is 4. The van der Waals surface area contributed by atoms with E-state index >= 15 is 0 Å². The van der Waals surface area contributed by atoms with Crippen LogP contribution in [0.4, 0.5) is 0 Å². The van der Waals surface area contributed by atoms with Crippen LogP contribution in [0, 0.1) is 0 Å². The summed E-state index contributed by atoms with van der Waals surface area (Å²) in [5.74, 6) is 2.89. The second-order valence-corrected chi connectivity index (χ2v) is 3.88. The topological polar surface area (TPSA) is 124 Å². The molecule has 1 aromatic rings. The van der Waals surface area contributed by atoms with E-state index in [4.69, 9.17) is 16.1 Å². The number of likely N-dealkylation sites (N-methyl/N-ethyl adjacent to an activating group) is 1. The van der Waals surface area contributed by atoms with Crippen molar-refractivity contribution >= 4 is 11.9 Å². The molecule has 0 amide bonds. The van der Waals surface area contributed by atoms with E-state index in [1.165, 1.54) is 5.01 Å². The number of aliphatic carboxylic acids is 2. The number of rotatable bonds is 5. The van der Waals surface area contributed by atoms with Gasteiger partial charge in [0.25, 0.3) is 0 Å². The molecule has 1 atom stereocenters. The molecular weight excluding hydrogens is 264 g/mol. The second kappa shape index (κ2) is 9.68. The molecule has 0 heterocycles. The maximum absolute atomic E-state index is 9.57. The average Bonchev–Trinajstić information content (AvgIpc) is 2.37. The minimum Gasteiger partial charge on any atom is -0.478 e. The fourth-order valence-corrected chi connectivity index (χ4v) is 1.20. The van der Waals surface area contributed by atoms with Crippen molar-refractivity contribution in [2.45, 2.75) is 6.10 Å². The van der Waals surface area contributed by atoms with Crippen molar-refractivity contribution in [3.05, 3.63) is 48.0 Å². The Morgan fingerprint density at radius 1 is 1.20 bits per heavy atom. The lowest BCUT2D eigenvalue weighted by molar-refractivity contribution is -0.134. The SMILES string of the molecule is CN(N)CC(O)c1ccccc1.O=C(O)/C=C\C(=O)O. The van der Waals surface area contributed by atoms with Gasteiger partial charge in [0.2, 0.25) is 0 Å². The summed E-state index contributed by atoms with van der Waals surface area (Å²) < 4.78 is 0. The molecule has 0 bridgehead atoms. The van der Waals surface area contributed by atoms with E-state index < -0.39 is 18.0 Å². The fourth-order valence-electron chi connectivity index (χ4n) is 1.20. The maximum Gasteiger partial charge on any atom is 0.328 e. The lowest BCUT2D eigenvalue weighted by atomic mass is 10.1. The van der Waals surface area contributed by atoms with Crippen molar-refractivity contribution in [2.24, 2.45) is 5.84 Å². The number of nitrogens with two attached hydrogens (primary N) is 1. The number of hydrogen-bond acceptors (Lipinski definition) is 5. The first kappa shape index (κ1) is 17.8. The number of aliphatic hydroxyl groups excluding tert-OH is 1. The molecule has 110 valence electrons. The van der Waals surface area contributed by atoms with Crippen LogP contribution < -0.4 is 5.84 Å². The smallest absolute Gasteiger partial charge is 0.328 e. The zero-order valence-corrected chi connectivity index (χ0v) is 11.0. The van der Waals surface area contributed by atoms with E-state index in [1.807, 2.05) is 30.3 Å². The first-order valence-electron chi connectivity index (χ1n) is 5.65. The Morgan fingerprint density at radius 2 is 1.65 bits per heavy atom. The molecule has 1 aromatic carbocycles. The molecule has 0 aliphatic carbocycles. The highest BCUT2D eigenvalue weighted by atomic mass is 16.4. The summed E-state index contributed by atoms with van der Waals surface area (Å²) in [6, 6.07) is 9.48. The highest BCUT2D eigenvalue weighted by Gasteiger charge is 2.06. The maximum atomic E-state index is 9.57. The van der Waals surface area contributed by atoms with Gasteiger partial charge in [0.15, 0.2) is 0 Å². The molecule has 20 heavy (non-hydrogen) atoms. The van der Waals surface area contributed by atoms with Gasteiger partial charge in [-0.15, -0.1) is 0 Å². The van der Waals surface area contributed by atoms with Gasteiger partial charge in [0, 0.05) is 25.7 Å². The third-order valence-electron chi connectivity index (χ3n) is 2.01. The Morgan fingerprint density at radius 3 is 2.00 bits per heavy atom. The van der Waals surface area contributed by atoms with Crippen LogP contribution in [-0.4, -0.2) is 45.9 Å². The van der Waals surface area contributed by atoms with Gasteiger partial charge in [-0.05, 0) is 5.56 Å². The minimum atomic E-state index is -1.26. The van der Waals surface area contributed by atoms with Gasteiger partial charge in [-0.25, -0.2) is 14.6 Å². The van der Waals surface area contributed by atoms with Crippen LogP contribution in [0.15, 0.2) is 42.5 Å². The van der Waals surface area contributed by atoms with E-state index in [0.29, 0.717) is 18.7 Å². The molecule has 0 fully saturated rings. The van der Waals surface area contributed by atoms with Crippen molar-refractivity contribution in [1.82, 2.24) is 5.01 Å². The van der Waals surface area contributed by atoms with Crippen molar-refractivity contribution in [3.63, 3.8) is 0 Å². The monoisotopic (exact) mass is 282 g/mol. The quantitative estimate of drug-likeness (QED) is 0.346. The molecule has 0 aliphatic heterocycles. The van der Waals surface area contributed by atoms with Crippen molar-refractivity contribution in [3.8, 4) is 0 Å². The molecule has 7 nitrogen and oxygen atoms in total. The minimum absolute atomic E-state index is 0.448. The van der Waals surface area contributed by atoms with E-state index in [1.54, 1.807) is 7.05 Å². The van der Waals surface area contributed by atoms with Crippen molar-refractivity contribution < 1.29 is 24.9 Å². The predicted molar refractivity (Wildman–Crippen MR) is 72.6 cm³/mol. The van der Waals surface area contributed by atoms with Crippen LogP contribution >= 0.6 is 0 Å². The number of benzene rings is 1. The third-order valence-corrected chi connectivity index (χ3v) is 2.01. The Balaban J connectivity index is 0.000000396. The average molecular weight is 282 g/mol. The van der Waals surface area contributed by atoms with Crippen molar-refractivity contribution in [1.29, 1.82) is 0 Å². The third kappa shape index (κ3) is 9.77. The standard InChI is InChI=1S/C9H14N2O.C4H4O4/c1-11(10)7-9(12)8-5-3-2-4-6-8;5-3(6)1-2-4(7)8/h2-6,9,12H,7,10H2,1H3;1-2H,(H,5,6)(H,7,8)/b;2-1-. The predicted octanol–water partition coefficient (Wildman–Crippen LogP) is 0.237. The first-order valence-corrected chi connectivity index (χ1v) is 5.65. The largest absolute Gasteiger partial charge is 0.478 e. The van der Waals surface area contributed by atoms with E-state index in [0.717, 1.165) is 5.56 Å². The molecule has 1 rings (SSSR count). The van der Waals surface area contributed by atoms with E-state index in [-0.39, 0.29) is 0 Å². The zero-order chi connectivity index (χ0) is 15.5. The number of carbonyl (C=O) groups is 2. The summed E-state index contributed by atoms with van der Waals surface area (Å²) in [5, 5.41) is 26.7. The van der Waals surface area contributed by atoms with E-state index in [2.05, 4.69) is 0 Å². The lowest BCUT2D eigenvalue weighted by Gasteiger charge is -2.15. The first-order chi connectivity index (χ1) is 9.32. The molecule has 1 unspecified atom stereocenters. The van der Waals surface area contributed by atoms with E-state index in [9.17, 15) is 14.7 Å². The Bertz CT molecular complexity index is 429. The Kier molecular flexibility index (Phi) is 8.60. The van der Waals surface area contributed by atoms with Gasteiger partial charge >= 0.3 is 11.9 Å². The fraction of sp³-hybridized carbons (Fsp3) is 0.231. The van der Waals surface area contributed by atoms with Gasteiger partial charge in [0.1, 0.15) is 0 Å². The molecular formula is C13H18N2O5.